The number of benzene rings is 2. The van der Waals surface area contributed by atoms with Crippen molar-refractivity contribution in [2.24, 2.45) is 0 Å². The predicted octanol–water partition coefficient (Wildman–Crippen LogP) is 7.63. The standard InChI is InChI=1S/C41H42N8O4/c1-3-17-50-38(5-1)48-40-32(22-44-48)30(11-13-42-40)26-7-9-34-36(19-26)53-37-20-27(8-10-35(37)47(34)16-15-46-24-29-21-28(46)25-52-29)31-12-14-43-41-33(31)23-45-49(41)39-6-2-4-18-51-39/h7-14,19-20,22-23,28-29,38-39H,1-6,15-18,21,24-25H2/t28-,29-,38?,39?/m1/s1. The zero-order valence-electron chi connectivity index (χ0n) is 29.6. The molecule has 2 unspecified atom stereocenters. The van der Waals surface area contributed by atoms with Crippen LogP contribution in [0.2, 0.25) is 0 Å². The fourth-order valence-corrected chi connectivity index (χ4v) is 9.09. The Hall–Kier alpha value is -4.88. The first-order valence-electron chi connectivity index (χ1n) is 19.2. The van der Waals surface area contributed by atoms with E-state index in [1.165, 1.54) is 0 Å². The second-order valence-electron chi connectivity index (χ2n) is 15.0. The maximum absolute atomic E-state index is 6.89. The van der Waals surface area contributed by atoms with E-state index in [4.69, 9.17) is 39.1 Å². The number of hydrogen-bond donors (Lipinski definition) is 0. The summed E-state index contributed by atoms with van der Waals surface area (Å²) in [6.07, 6.45) is 15.3. The van der Waals surface area contributed by atoms with Gasteiger partial charge in [0.2, 0.25) is 0 Å². The Morgan fingerprint density at radius 3 is 1.77 bits per heavy atom. The number of hydrogen-bond acceptors (Lipinski definition) is 10. The van der Waals surface area contributed by atoms with Gasteiger partial charge >= 0.3 is 0 Å². The third kappa shape index (κ3) is 5.41. The molecule has 0 spiro atoms. The third-order valence-electron chi connectivity index (χ3n) is 11.8. The molecule has 4 fully saturated rings. The van der Waals surface area contributed by atoms with Gasteiger partial charge in [0.25, 0.3) is 0 Å². The first-order chi connectivity index (χ1) is 26.2. The lowest BCUT2D eigenvalue weighted by atomic mass is 10.00. The van der Waals surface area contributed by atoms with Crippen LogP contribution in [0.3, 0.4) is 0 Å². The minimum absolute atomic E-state index is 0.0796. The van der Waals surface area contributed by atoms with Crippen LogP contribution in [-0.4, -0.2) is 86.0 Å². The number of rotatable bonds is 7. The highest BCUT2D eigenvalue weighted by Crippen LogP contribution is 2.50. The number of pyridine rings is 2. The monoisotopic (exact) mass is 710 g/mol. The molecule has 9 heterocycles. The first-order valence-corrected chi connectivity index (χ1v) is 19.2. The van der Waals surface area contributed by atoms with Gasteiger partial charge < -0.3 is 23.8 Å². The molecule has 12 heteroatoms. The topological polar surface area (TPSA) is 105 Å². The fraction of sp³-hybridized carbons (Fsp3) is 0.415. The lowest BCUT2D eigenvalue weighted by Crippen LogP contribution is -2.41. The Morgan fingerprint density at radius 1 is 0.660 bits per heavy atom. The van der Waals surface area contributed by atoms with Crippen LogP contribution >= 0.6 is 0 Å². The Balaban J connectivity index is 0.966. The Morgan fingerprint density at radius 2 is 1.26 bits per heavy atom. The molecule has 270 valence electrons. The van der Waals surface area contributed by atoms with Gasteiger partial charge in [-0.05, 0) is 104 Å². The van der Waals surface area contributed by atoms with Crippen molar-refractivity contribution in [2.45, 2.75) is 69.5 Å². The van der Waals surface area contributed by atoms with Crippen molar-refractivity contribution >= 4 is 33.4 Å². The number of likely N-dealkylation sites (tertiary alicyclic amines) is 1. The molecule has 2 bridgehead atoms. The molecular formula is C41H42N8O4. The molecule has 53 heavy (non-hydrogen) atoms. The van der Waals surface area contributed by atoms with Crippen molar-refractivity contribution in [3.8, 4) is 33.8 Å². The number of fused-ring (bicyclic) bond motifs is 6. The largest absolute Gasteiger partial charge is 0.453 e. The van der Waals surface area contributed by atoms with Crippen LogP contribution in [-0.2, 0) is 14.2 Å². The SMILES string of the molecule is c1cc(-c2ccc3c(c2)Oc2cc(-c4ccnc5c4cnn5C4CCCCO4)ccc2N3CCN2C[C@H]3C[C@@H]2CO3)c2cnn(C3CCCCO3)c2n1. The van der Waals surface area contributed by atoms with E-state index in [0.717, 1.165) is 152 Å². The number of morpholine rings is 1. The van der Waals surface area contributed by atoms with E-state index in [1.54, 1.807) is 0 Å². The molecule has 5 aliphatic rings. The molecule has 11 rings (SSSR count). The zero-order valence-corrected chi connectivity index (χ0v) is 29.6. The second-order valence-corrected chi connectivity index (χ2v) is 15.0. The van der Waals surface area contributed by atoms with Gasteiger partial charge in [-0.2, -0.15) is 10.2 Å². The summed E-state index contributed by atoms with van der Waals surface area (Å²) in [7, 11) is 0. The van der Waals surface area contributed by atoms with Crippen molar-refractivity contribution in [2.75, 3.05) is 44.4 Å². The summed E-state index contributed by atoms with van der Waals surface area (Å²) in [6.45, 7) is 5.14. The smallest absolute Gasteiger partial charge is 0.161 e. The van der Waals surface area contributed by atoms with E-state index in [2.05, 4.69) is 58.3 Å². The lowest BCUT2D eigenvalue weighted by Gasteiger charge is -2.36. The summed E-state index contributed by atoms with van der Waals surface area (Å²) in [5.74, 6) is 1.65. The van der Waals surface area contributed by atoms with Gasteiger partial charge in [-0.3, -0.25) is 4.90 Å². The summed E-state index contributed by atoms with van der Waals surface area (Å²) in [5.41, 5.74) is 8.06. The molecule has 12 nitrogen and oxygen atoms in total. The van der Waals surface area contributed by atoms with Crippen molar-refractivity contribution in [1.82, 2.24) is 34.4 Å². The zero-order chi connectivity index (χ0) is 34.9. The van der Waals surface area contributed by atoms with E-state index in [1.807, 2.05) is 34.2 Å². The van der Waals surface area contributed by atoms with Gasteiger partial charge in [0, 0.05) is 62.1 Å². The number of aromatic nitrogens is 6. The maximum Gasteiger partial charge on any atom is 0.161 e. The van der Waals surface area contributed by atoms with Crippen LogP contribution < -0.4 is 9.64 Å². The summed E-state index contributed by atoms with van der Waals surface area (Å²) in [5, 5.41) is 11.5. The highest BCUT2D eigenvalue weighted by molar-refractivity contribution is 5.95. The van der Waals surface area contributed by atoms with Gasteiger partial charge in [0.05, 0.1) is 36.5 Å². The van der Waals surface area contributed by atoms with E-state index in [-0.39, 0.29) is 12.5 Å². The summed E-state index contributed by atoms with van der Waals surface area (Å²) in [6, 6.07) is 17.8. The number of ether oxygens (including phenoxy) is 4. The molecule has 4 atom stereocenters. The van der Waals surface area contributed by atoms with Gasteiger partial charge in [-0.25, -0.2) is 19.3 Å². The second kappa shape index (κ2) is 12.9. The average molecular weight is 711 g/mol. The summed E-state index contributed by atoms with van der Waals surface area (Å²) >= 11 is 0. The maximum atomic E-state index is 6.89. The highest BCUT2D eigenvalue weighted by atomic mass is 16.5. The van der Waals surface area contributed by atoms with Crippen LogP contribution in [0.1, 0.15) is 57.4 Å². The van der Waals surface area contributed by atoms with Crippen LogP contribution in [0.5, 0.6) is 11.5 Å². The number of anilines is 2. The molecule has 0 radical (unpaired) electrons. The average Bonchev–Trinajstić information content (AvgIpc) is 4.04. The van der Waals surface area contributed by atoms with Crippen LogP contribution in [0, 0.1) is 0 Å². The van der Waals surface area contributed by atoms with Gasteiger partial charge in [0.1, 0.15) is 0 Å². The highest BCUT2D eigenvalue weighted by Gasteiger charge is 2.39. The predicted molar refractivity (Wildman–Crippen MR) is 200 cm³/mol. The molecule has 4 aromatic heterocycles. The first kappa shape index (κ1) is 31.6. The van der Waals surface area contributed by atoms with Crippen molar-refractivity contribution in [3.63, 3.8) is 0 Å². The van der Waals surface area contributed by atoms with Crippen molar-refractivity contribution in [1.29, 1.82) is 0 Å². The fourth-order valence-electron chi connectivity index (χ4n) is 9.09. The van der Waals surface area contributed by atoms with Crippen LogP contribution in [0.15, 0.2) is 73.3 Å². The minimum Gasteiger partial charge on any atom is -0.453 e. The van der Waals surface area contributed by atoms with Crippen LogP contribution in [0.4, 0.5) is 11.4 Å². The third-order valence-corrected chi connectivity index (χ3v) is 11.8. The van der Waals surface area contributed by atoms with E-state index < -0.39 is 0 Å². The van der Waals surface area contributed by atoms with E-state index >= 15 is 0 Å². The molecule has 0 N–H and O–H groups in total. The Labute approximate surface area is 307 Å². The molecular weight excluding hydrogens is 669 g/mol. The summed E-state index contributed by atoms with van der Waals surface area (Å²) in [4.78, 5) is 14.5. The summed E-state index contributed by atoms with van der Waals surface area (Å²) < 4.78 is 28.9. The molecule has 6 aromatic rings. The molecule has 4 saturated heterocycles. The van der Waals surface area contributed by atoms with Crippen molar-refractivity contribution < 1.29 is 18.9 Å². The van der Waals surface area contributed by atoms with Gasteiger partial charge in [0.15, 0.2) is 35.2 Å². The molecule has 2 aromatic carbocycles. The van der Waals surface area contributed by atoms with Gasteiger partial charge in [-0.15, -0.1) is 0 Å². The Bertz CT molecular complexity index is 2180. The molecule has 0 saturated carbocycles. The lowest BCUT2D eigenvalue weighted by molar-refractivity contribution is -0.0371. The van der Waals surface area contributed by atoms with E-state index in [9.17, 15) is 0 Å². The van der Waals surface area contributed by atoms with Crippen LogP contribution in [0.25, 0.3) is 44.3 Å². The van der Waals surface area contributed by atoms with Crippen molar-refractivity contribution in [3.05, 3.63) is 73.3 Å². The van der Waals surface area contributed by atoms with E-state index in [0.29, 0.717) is 12.1 Å². The number of nitrogens with zero attached hydrogens (tertiary/aromatic N) is 8. The molecule has 5 aliphatic heterocycles. The minimum atomic E-state index is -0.0796. The normalized spacial score (nSPS) is 24.1. The quantitative estimate of drug-likeness (QED) is 0.164. The Kier molecular flexibility index (Phi) is 7.70. The van der Waals surface area contributed by atoms with Gasteiger partial charge in [-0.1, -0.05) is 12.1 Å². The molecule has 0 amide bonds. The molecule has 0 aliphatic carbocycles.